The molecule has 1 aliphatic heterocycles. The van der Waals surface area contributed by atoms with Gasteiger partial charge in [-0.1, -0.05) is 56.3 Å². The van der Waals surface area contributed by atoms with Crippen LogP contribution in [0.4, 0.5) is 17.1 Å². The molecule has 2 heterocycles. The summed E-state index contributed by atoms with van der Waals surface area (Å²) in [5.74, 6) is -2.07. The molecule has 0 bridgehead atoms. The van der Waals surface area contributed by atoms with E-state index < -0.39 is 36.1 Å². The molecule has 44 heavy (non-hydrogen) atoms. The standard InChI is InChI=1S/C35H35N5O4/c1-23(2)25-11-13-26(14-12-25)32(34(43)37-27-15-17-28(18-16-27)38(3)4)40(21-24-8-7-19-36-20-24)31(41)22-39-30-10-6-5-9-29(30)33(42)35(39)44/h5-20,23,32H,21-22H2,1-4H3,(H,37,43)/t32-/m1/s1. The summed E-state index contributed by atoms with van der Waals surface area (Å²) in [6.45, 7) is 3.81. The molecule has 0 fully saturated rings. The van der Waals surface area contributed by atoms with Crippen molar-refractivity contribution in [2.45, 2.75) is 32.4 Å². The number of benzene rings is 3. The summed E-state index contributed by atoms with van der Waals surface area (Å²) in [6.07, 6.45) is 3.27. The van der Waals surface area contributed by atoms with E-state index in [2.05, 4.69) is 24.1 Å². The molecule has 1 N–H and O–H groups in total. The molecular weight excluding hydrogens is 554 g/mol. The van der Waals surface area contributed by atoms with Gasteiger partial charge >= 0.3 is 0 Å². The van der Waals surface area contributed by atoms with E-state index in [4.69, 9.17) is 0 Å². The summed E-state index contributed by atoms with van der Waals surface area (Å²) < 4.78 is 0. The largest absolute Gasteiger partial charge is 0.378 e. The van der Waals surface area contributed by atoms with Gasteiger partial charge in [-0.3, -0.25) is 29.1 Å². The van der Waals surface area contributed by atoms with Gasteiger partial charge in [0.25, 0.3) is 17.6 Å². The summed E-state index contributed by atoms with van der Waals surface area (Å²) in [5, 5.41) is 2.99. The lowest BCUT2D eigenvalue weighted by atomic mass is 9.97. The highest BCUT2D eigenvalue weighted by Gasteiger charge is 2.39. The Morgan fingerprint density at radius 1 is 0.864 bits per heavy atom. The van der Waals surface area contributed by atoms with Gasteiger partial charge in [0.05, 0.1) is 11.3 Å². The van der Waals surface area contributed by atoms with Crippen molar-refractivity contribution in [2.75, 3.05) is 35.8 Å². The Bertz CT molecular complexity index is 1670. The molecule has 0 spiro atoms. The van der Waals surface area contributed by atoms with Crippen LogP contribution in [0.25, 0.3) is 0 Å². The van der Waals surface area contributed by atoms with Crippen LogP contribution in [-0.2, 0) is 20.9 Å². The molecule has 9 nitrogen and oxygen atoms in total. The molecule has 1 atom stereocenters. The number of nitrogens with one attached hydrogen (secondary N) is 1. The molecule has 0 aliphatic carbocycles. The Kier molecular flexibility index (Phi) is 8.85. The van der Waals surface area contributed by atoms with E-state index in [0.29, 0.717) is 22.5 Å². The summed E-state index contributed by atoms with van der Waals surface area (Å²) in [7, 11) is 3.87. The van der Waals surface area contributed by atoms with E-state index in [-0.39, 0.29) is 18.0 Å². The van der Waals surface area contributed by atoms with Crippen LogP contribution in [0.15, 0.2) is 97.3 Å². The maximum absolute atomic E-state index is 14.2. The Morgan fingerprint density at radius 3 is 2.18 bits per heavy atom. The predicted molar refractivity (Wildman–Crippen MR) is 171 cm³/mol. The van der Waals surface area contributed by atoms with Crippen LogP contribution >= 0.6 is 0 Å². The number of fused-ring (bicyclic) bond motifs is 1. The molecular formula is C35H35N5O4. The average Bonchev–Trinajstić information content (AvgIpc) is 3.26. The van der Waals surface area contributed by atoms with Gasteiger partial charge in [0.2, 0.25) is 5.91 Å². The first-order valence-electron chi connectivity index (χ1n) is 14.5. The third-order valence-corrected chi connectivity index (χ3v) is 7.70. The number of ketones is 1. The molecule has 0 saturated carbocycles. The quantitative estimate of drug-likeness (QED) is 0.255. The average molecular weight is 590 g/mol. The monoisotopic (exact) mass is 589 g/mol. The van der Waals surface area contributed by atoms with Gasteiger partial charge in [0.1, 0.15) is 12.6 Å². The third-order valence-electron chi connectivity index (χ3n) is 7.70. The van der Waals surface area contributed by atoms with Gasteiger partial charge in [-0.15, -0.1) is 0 Å². The minimum absolute atomic E-state index is 0.0495. The number of carbonyl (C=O) groups is 4. The van der Waals surface area contributed by atoms with Gasteiger partial charge < -0.3 is 15.1 Å². The van der Waals surface area contributed by atoms with Crippen molar-refractivity contribution in [3.8, 4) is 0 Å². The normalized spacial score (nSPS) is 13.1. The highest BCUT2D eigenvalue weighted by Crippen LogP contribution is 2.31. The highest BCUT2D eigenvalue weighted by molar-refractivity contribution is 6.52. The van der Waals surface area contributed by atoms with Crippen LogP contribution in [0.3, 0.4) is 0 Å². The zero-order chi connectivity index (χ0) is 31.4. The zero-order valence-corrected chi connectivity index (χ0v) is 25.2. The molecule has 5 rings (SSSR count). The van der Waals surface area contributed by atoms with Crippen LogP contribution in [-0.4, -0.2) is 54.0 Å². The van der Waals surface area contributed by atoms with E-state index >= 15 is 0 Å². The highest BCUT2D eigenvalue weighted by atomic mass is 16.2. The summed E-state index contributed by atoms with van der Waals surface area (Å²) in [6, 6.07) is 24.2. The lowest BCUT2D eigenvalue weighted by Gasteiger charge is -2.33. The minimum Gasteiger partial charge on any atom is -0.378 e. The first-order valence-corrected chi connectivity index (χ1v) is 14.5. The second kappa shape index (κ2) is 12.9. The van der Waals surface area contributed by atoms with E-state index in [1.807, 2.05) is 73.6 Å². The molecule has 224 valence electrons. The molecule has 0 unspecified atom stereocenters. The van der Waals surface area contributed by atoms with Crippen molar-refractivity contribution in [3.05, 3.63) is 120 Å². The van der Waals surface area contributed by atoms with Crippen LogP contribution in [0.5, 0.6) is 0 Å². The molecule has 9 heteroatoms. The number of aromatic nitrogens is 1. The second-order valence-electron chi connectivity index (χ2n) is 11.3. The molecule has 0 saturated heterocycles. The number of carbonyl (C=O) groups excluding carboxylic acids is 4. The topological polar surface area (TPSA) is 103 Å². The van der Waals surface area contributed by atoms with Gasteiger partial charge in [0, 0.05) is 44.4 Å². The van der Waals surface area contributed by atoms with Crippen molar-refractivity contribution in [2.24, 2.45) is 0 Å². The Balaban J connectivity index is 1.54. The zero-order valence-electron chi connectivity index (χ0n) is 25.2. The number of rotatable bonds is 10. The van der Waals surface area contributed by atoms with Crippen molar-refractivity contribution in [1.29, 1.82) is 0 Å². The van der Waals surface area contributed by atoms with Crippen LogP contribution in [0.2, 0.25) is 0 Å². The number of para-hydroxylation sites is 1. The fraction of sp³-hybridized carbons (Fsp3) is 0.229. The SMILES string of the molecule is CC(C)c1ccc([C@H](C(=O)Nc2ccc(N(C)C)cc2)N(Cc2cccnc2)C(=O)CN2C(=O)C(=O)c3ccccc32)cc1. The van der Waals surface area contributed by atoms with Crippen molar-refractivity contribution < 1.29 is 19.2 Å². The van der Waals surface area contributed by atoms with Gasteiger partial charge in [-0.05, 0) is 65.1 Å². The number of Topliss-reactive ketones (excluding diaryl/α,β-unsaturated/α-hetero) is 1. The van der Waals surface area contributed by atoms with E-state index in [1.165, 1.54) is 9.80 Å². The number of pyridine rings is 1. The number of nitrogens with zero attached hydrogens (tertiary/aromatic N) is 4. The van der Waals surface area contributed by atoms with Crippen molar-refractivity contribution >= 4 is 40.6 Å². The third kappa shape index (κ3) is 6.36. The van der Waals surface area contributed by atoms with E-state index in [9.17, 15) is 19.2 Å². The maximum Gasteiger partial charge on any atom is 0.299 e. The van der Waals surface area contributed by atoms with Crippen LogP contribution in [0.1, 0.15) is 52.9 Å². The van der Waals surface area contributed by atoms with E-state index in [0.717, 1.165) is 11.3 Å². The molecule has 3 amide bonds. The summed E-state index contributed by atoms with van der Waals surface area (Å²) in [5.41, 5.74) is 4.59. The molecule has 1 aliphatic rings. The predicted octanol–water partition coefficient (Wildman–Crippen LogP) is 5.21. The Hall–Kier alpha value is -5.31. The summed E-state index contributed by atoms with van der Waals surface area (Å²) in [4.78, 5) is 62.9. The number of amides is 3. The van der Waals surface area contributed by atoms with Gasteiger partial charge in [0.15, 0.2) is 0 Å². The number of hydrogen-bond acceptors (Lipinski definition) is 6. The lowest BCUT2D eigenvalue weighted by molar-refractivity contribution is -0.139. The minimum atomic E-state index is -1.05. The molecule has 4 aromatic rings. The van der Waals surface area contributed by atoms with Gasteiger partial charge in [-0.2, -0.15) is 0 Å². The maximum atomic E-state index is 14.2. The first kappa shape index (κ1) is 30.2. The van der Waals surface area contributed by atoms with Crippen molar-refractivity contribution in [1.82, 2.24) is 9.88 Å². The van der Waals surface area contributed by atoms with Gasteiger partial charge in [-0.25, -0.2) is 0 Å². The van der Waals surface area contributed by atoms with Crippen LogP contribution in [0, 0.1) is 0 Å². The fourth-order valence-electron chi connectivity index (χ4n) is 5.23. The van der Waals surface area contributed by atoms with Crippen LogP contribution < -0.4 is 15.1 Å². The fourth-order valence-corrected chi connectivity index (χ4v) is 5.23. The van der Waals surface area contributed by atoms with E-state index in [1.54, 1.807) is 42.7 Å². The number of anilines is 3. The first-order chi connectivity index (χ1) is 21.1. The smallest absolute Gasteiger partial charge is 0.299 e. The second-order valence-corrected chi connectivity index (χ2v) is 11.3. The van der Waals surface area contributed by atoms with Crippen molar-refractivity contribution in [3.63, 3.8) is 0 Å². The molecule has 3 aromatic carbocycles. The Morgan fingerprint density at radius 2 is 1.55 bits per heavy atom. The molecule has 1 aromatic heterocycles. The molecule has 0 radical (unpaired) electrons. The Labute approximate surface area is 257 Å². The lowest BCUT2D eigenvalue weighted by Crippen LogP contribution is -2.46. The summed E-state index contributed by atoms with van der Waals surface area (Å²) >= 11 is 0. The number of hydrogen-bond donors (Lipinski definition) is 1.